The molecule has 0 fully saturated rings. The van der Waals surface area contributed by atoms with Crippen molar-refractivity contribution in [1.82, 2.24) is 14.5 Å². The van der Waals surface area contributed by atoms with Gasteiger partial charge >= 0.3 is 0 Å². The first-order chi connectivity index (χ1) is 32.3. The van der Waals surface area contributed by atoms with E-state index in [0.717, 1.165) is 32.3 Å². The first-order valence-corrected chi connectivity index (χ1v) is 18.0. The number of hydrogen-bond donors (Lipinski definition) is 0. The minimum absolute atomic E-state index is 0. The molecule has 0 N–H and O–H groups in total. The van der Waals surface area contributed by atoms with Gasteiger partial charge in [0.05, 0.1) is 22.4 Å². The zero-order valence-electron chi connectivity index (χ0n) is 42.0. The van der Waals surface area contributed by atoms with E-state index in [1.165, 1.54) is 30.5 Å². The molecule has 0 atom stereocenters. The van der Waals surface area contributed by atoms with Crippen molar-refractivity contribution in [2.75, 3.05) is 0 Å². The third-order valence-electron chi connectivity index (χ3n) is 10.2. The van der Waals surface area contributed by atoms with Gasteiger partial charge in [0.15, 0.2) is 0 Å². The number of para-hydroxylation sites is 2. The van der Waals surface area contributed by atoms with Crippen molar-refractivity contribution in [3.8, 4) is 28.3 Å². The maximum absolute atomic E-state index is 8.46. The van der Waals surface area contributed by atoms with Gasteiger partial charge in [-0.1, -0.05) is 122 Å². The summed E-state index contributed by atoms with van der Waals surface area (Å²) in [4.78, 5) is 9.09. The standard InChI is InChI=1S/C39H25N2O.C13H12N.Ir/c1-23-18-20-32(38-36(23)31-15-7-8-17-35(31)42-38)39-40-34-16-9-10-24(2)37(34)41(39)25-19-21-30-28-13-4-3-11-26(28)27-12-5-6-14-29(27)33(30)22-25;1-10-3-6-12(7-4-10)13-8-5-11(2)9-14-13;/h3-19,21-22H,1-2H3;3-6,8-9H,1-2H3;/q2*-1;/i2*1D3,2D3;. The number of aryl methyl sites for hydroxylation is 4. The van der Waals surface area contributed by atoms with Crippen LogP contribution in [0.3, 0.4) is 0 Å². The first kappa shape index (κ1) is 25.0. The average molecular weight is 924 g/mol. The van der Waals surface area contributed by atoms with Gasteiger partial charge in [0.2, 0.25) is 0 Å². The Hall–Kier alpha value is -6.39. The fraction of sp³-hybridized carbons (Fsp3) is 0.0769. The molecule has 0 aliphatic heterocycles. The van der Waals surface area contributed by atoms with Crippen molar-refractivity contribution in [1.29, 1.82) is 0 Å². The van der Waals surface area contributed by atoms with Crippen LogP contribution in [0.15, 0.2) is 156 Å². The zero-order chi connectivity index (χ0) is 47.9. The van der Waals surface area contributed by atoms with Crippen molar-refractivity contribution in [3.63, 3.8) is 0 Å². The molecule has 8 aromatic carbocycles. The summed E-state index contributed by atoms with van der Waals surface area (Å²) >= 11 is 0. The molecule has 57 heavy (non-hydrogen) atoms. The van der Waals surface area contributed by atoms with E-state index in [2.05, 4.69) is 53.5 Å². The molecule has 0 bridgehead atoms. The van der Waals surface area contributed by atoms with E-state index in [1.807, 2.05) is 53.1 Å². The Morgan fingerprint density at radius 1 is 0.596 bits per heavy atom. The number of rotatable bonds is 3. The Kier molecular flexibility index (Phi) is 6.40. The van der Waals surface area contributed by atoms with Gasteiger partial charge < -0.3 is 14.0 Å². The number of furan rings is 1. The fourth-order valence-electron chi connectivity index (χ4n) is 7.65. The second kappa shape index (κ2) is 14.6. The molecular formula is C52H37IrN3O-2. The van der Waals surface area contributed by atoms with E-state index in [9.17, 15) is 0 Å². The topological polar surface area (TPSA) is 43.9 Å². The Morgan fingerprint density at radius 3 is 1.98 bits per heavy atom. The minimum atomic E-state index is -2.43. The van der Waals surface area contributed by atoms with Crippen LogP contribution in [0.2, 0.25) is 0 Å². The van der Waals surface area contributed by atoms with Crippen LogP contribution in [0.5, 0.6) is 0 Å². The van der Waals surface area contributed by atoms with E-state index in [4.69, 9.17) is 25.9 Å². The van der Waals surface area contributed by atoms with Gasteiger partial charge in [-0.2, -0.15) is 0 Å². The molecule has 277 valence electrons. The summed E-state index contributed by atoms with van der Waals surface area (Å²) in [5, 5.41) is 7.68. The van der Waals surface area contributed by atoms with Gasteiger partial charge in [0.25, 0.3) is 0 Å². The molecule has 11 aromatic rings. The molecule has 0 unspecified atom stereocenters. The SMILES string of the molecule is [2H]C([2H])([2H])c1c[c-]c(-c2ccc(C([2H])([2H])[2H])cn2)cc1.[2H]C([2H])([2H])c1c[c-]c(-c2nc3cccc(C([2H])([2H])[2H])c3n2-c2ccc3c4ccccc4c4ccccc4c3c2)c2oc3ccccc3c12.[Ir]. The second-order valence-corrected chi connectivity index (χ2v) is 13.6. The number of aromatic nitrogens is 3. The molecule has 3 aromatic heterocycles. The van der Waals surface area contributed by atoms with Crippen molar-refractivity contribution >= 4 is 65.3 Å². The van der Waals surface area contributed by atoms with E-state index < -0.39 is 27.4 Å². The van der Waals surface area contributed by atoms with Gasteiger partial charge in [-0.3, -0.25) is 4.98 Å². The normalized spacial score (nSPS) is 15.4. The van der Waals surface area contributed by atoms with Gasteiger partial charge in [0.1, 0.15) is 5.58 Å². The fourth-order valence-corrected chi connectivity index (χ4v) is 7.65. The first-order valence-electron chi connectivity index (χ1n) is 24.0. The maximum atomic E-state index is 8.46. The Labute approximate surface area is 361 Å². The van der Waals surface area contributed by atoms with Crippen LogP contribution in [0.4, 0.5) is 0 Å². The third-order valence-corrected chi connectivity index (χ3v) is 10.2. The van der Waals surface area contributed by atoms with Crippen LogP contribution in [0, 0.1) is 39.5 Å². The average Bonchev–Trinajstić information content (AvgIpc) is 3.90. The third kappa shape index (κ3) is 6.21. The zero-order valence-corrected chi connectivity index (χ0v) is 32.4. The molecule has 0 aliphatic rings. The molecule has 1 radical (unpaired) electrons. The molecule has 0 aliphatic carbocycles. The van der Waals surface area contributed by atoms with Crippen LogP contribution < -0.4 is 0 Å². The Morgan fingerprint density at radius 2 is 1.30 bits per heavy atom. The summed E-state index contributed by atoms with van der Waals surface area (Å²) < 4.78 is 102. The van der Waals surface area contributed by atoms with E-state index >= 15 is 0 Å². The molecule has 5 heteroatoms. The van der Waals surface area contributed by atoms with Crippen LogP contribution >= 0.6 is 0 Å². The van der Waals surface area contributed by atoms with Crippen LogP contribution in [0.1, 0.15) is 38.7 Å². The molecule has 0 saturated carbocycles. The smallest absolute Gasteiger partial charge is 0.120 e. The summed E-state index contributed by atoms with van der Waals surface area (Å²) in [6, 6.07) is 50.3. The summed E-state index contributed by atoms with van der Waals surface area (Å²) in [5.41, 5.74) is 4.76. The molecular weight excluding hydrogens is 875 g/mol. The van der Waals surface area contributed by atoms with Crippen LogP contribution in [-0.2, 0) is 20.1 Å². The molecule has 0 amide bonds. The van der Waals surface area contributed by atoms with Gasteiger partial charge in [0, 0.05) is 53.8 Å². The predicted molar refractivity (Wildman–Crippen MR) is 233 cm³/mol. The second-order valence-electron chi connectivity index (χ2n) is 13.6. The Bertz CT molecular complexity index is 3650. The van der Waals surface area contributed by atoms with Crippen molar-refractivity contribution in [3.05, 3.63) is 186 Å². The largest absolute Gasteiger partial charge is 0.501 e. The quantitative estimate of drug-likeness (QED) is 0.131. The number of benzene rings is 8. The number of fused-ring (bicyclic) bond motifs is 10. The monoisotopic (exact) mass is 924 g/mol. The minimum Gasteiger partial charge on any atom is -0.501 e. The molecule has 11 rings (SSSR count). The predicted octanol–water partition coefficient (Wildman–Crippen LogP) is 13.6. The van der Waals surface area contributed by atoms with Gasteiger partial charge in [-0.05, 0) is 87.1 Å². The van der Waals surface area contributed by atoms with Gasteiger partial charge in [-0.25, -0.2) is 0 Å². The van der Waals surface area contributed by atoms with Crippen LogP contribution in [0.25, 0.3) is 93.6 Å². The molecule has 3 heterocycles. The summed E-state index contributed by atoms with van der Waals surface area (Å²) in [5.74, 6) is 0.396. The number of hydrogen-bond acceptors (Lipinski definition) is 3. The Balaban J connectivity index is 0.000000238. The maximum Gasteiger partial charge on any atom is 0.120 e. The molecule has 4 nitrogen and oxygen atoms in total. The summed E-state index contributed by atoms with van der Waals surface area (Å²) in [6.07, 6.45) is 1.30. The molecule has 0 saturated heterocycles. The summed E-state index contributed by atoms with van der Waals surface area (Å²) in [6.45, 7) is -9.19. The number of nitrogens with zero attached hydrogens (tertiary/aromatic N) is 3. The number of imidazole rings is 1. The summed E-state index contributed by atoms with van der Waals surface area (Å²) in [7, 11) is 0. The van der Waals surface area contributed by atoms with Crippen molar-refractivity contribution < 1.29 is 41.0 Å². The van der Waals surface area contributed by atoms with Gasteiger partial charge in [-0.15, -0.1) is 53.1 Å². The van der Waals surface area contributed by atoms with E-state index in [1.54, 1.807) is 36.4 Å². The van der Waals surface area contributed by atoms with Crippen molar-refractivity contribution in [2.24, 2.45) is 0 Å². The molecule has 0 spiro atoms. The van der Waals surface area contributed by atoms with Crippen molar-refractivity contribution in [2.45, 2.75) is 27.4 Å². The van der Waals surface area contributed by atoms with E-state index in [-0.39, 0.29) is 42.4 Å². The number of pyridine rings is 1. The van der Waals surface area contributed by atoms with E-state index in [0.29, 0.717) is 61.3 Å². The van der Waals surface area contributed by atoms with Crippen LogP contribution in [-0.4, -0.2) is 14.5 Å².